The fraction of sp³-hybridized carbons (Fsp3) is 0.300. The van der Waals surface area contributed by atoms with Crippen LogP contribution in [-0.2, 0) is 0 Å². The van der Waals surface area contributed by atoms with Gasteiger partial charge in [-0.25, -0.2) is 4.79 Å². The van der Waals surface area contributed by atoms with Gasteiger partial charge in [-0.05, 0) is 45.9 Å². The Morgan fingerprint density at radius 2 is 2.11 bits per heavy atom. The SMILES string of the molecule is O=C(O)c1ccc(NCCSC(F)(F)F)c(Br)c1. The lowest BCUT2D eigenvalue weighted by Crippen LogP contribution is -2.10. The van der Waals surface area contributed by atoms with E-state index in [0.29, 0.717) is 10.2 Å². The highest BCUT2D eigenvalue weighted by Crippen LogP contribution is 2.30. The predicted octanol–water partition coefficient (Wildman–Crippen LogP) is 3.81. The molecule has 0 amide bonds. The molecule has 0 fully saturated rings. The van der Waals surface area contributed by atoms with E-state index in [-0.39, 0.29) is 29.6 Å². The van der Waals surface area contributed by atoms with Crippen molar-refractivity contribution in [1.29, 1.82) is 0 Å². The lowest BCUT2D eigenvalue weighted by atomic mass is 10.2. The molecule has 1 rings (SSSR count). The maximum absolute atomic E-state index is 11.9. The number of carboxylic acid groups (broad SMARTS) is 1. The fourth-order valence-corrected chi connectivity index (χ4v) is 2.10. The lowest BCUT2D eigenvalue weighted by Gasteiger charge is -2.10. The number of hydrogen-bond acceptors (Lipinski definition) is 3. The van der Waals surface area contributed by atoms with E-state index in [0.717, 1.165) is 0 Å². The average molecular weight is 344 g/mol. The van der Waals surface area contributed by atoms with E-state index in [1.165, 1.54) is 18.2 Å². The van der Waals surface area contributed by atoms with Crippen molar-refractivity contribution in [3.05, 3.63) is 28.2 Å². The Bertz CT molecular complexity index is 440. The van der Waals surface area contributed by atoms with Crippen LogP contribution in [-0.4, -0.2) is 28.9 Å². The maximum atomic E-state index is 11.9. The molecule has 0 aliphatic heterocycles. The maximum Gasteiger partial charge on any atom is 0.441 e. The quantitative estimate of drug-likeness (QED) is 0.798. The second kappa shape index (κ2) is 6.33. The molecule has 0 spiro atoms. The van der Waals surface area contributed by atoms with Gasteiger partial charge in [0.2, 0.25) is 0 Å². The van der Waals surface area contributed by atoms with Crippen LogP contribution >= 0.6 is 27.7 Å². The summed E-state index contributed by atoms with van der Waals surface area (Å²) >= 11 is 3.05. The van der Waals surface area contributed by atoms with Gasteiger partial charge in [-0.3, -0.25) is 0 Å². The molecule has 2 N–H and O–H groups in total. The first-order valence-corrected chi connectivity index (χ1v) is 6.55. The fourth-order valence-electron chi connectivity index (χ4n) is 1.14. The Morgan fingerprint density at radius 3 is 2.61 bits per heavy atom. The van der Waals surface area contributed by atoms with E-state index in [1.807, 2.05) is 0 Å². The lowest BCUT2D eigenvalue weighted by molar-refractivity contribution is -0.0327. The number of hydrogen-bond donors (Lipinski definition) is 2. The van der Waals surface area contributed by atoms with Gasteiger partial charge in [0.25, 0.3) is 0 Å². The summed E-state index contributed by atoms with van der Waals surface area (Å²) in [5.74, 6) is -1.17. The number of rotatable bonds is 5. The molecule has 8 heteroatoms. The summed E-state index contributed by atoms with van der Waals surface area (Å²) in [6.07, 6.45) is 0. The van der Waals surface area contributed by atoms with Gasteiger partial charge < -0.3 is 10.4 Å². The number of carboxylic acids is 1. The Labute approximate surface area is 114 Å². The van der Waals surface area contributed by atoms with E-state index in [4.69, 9.17) is 5.11 Å². The molecule has 0 saturated heterocycles. The molecular formula is C10H9BrF3NO2S. The molecule has 1 aromatic carbocycles. The van der Waals surface area contributed by atoms with E-state index in [1.54, 1.807) is 0 Å². The number of nitrogens with one attached hydrogen (secondary N) is 1. The zero-order valence-corrected chi connectivity index (χ0v) is 11.3. The van der Waals surface area contributed by atoms with Gasteiger partial charge in [-0.1, -0.05) is 0 Å². The minimum absolute atomic E-state index is 0.105. The zero-order chi connectivity index (χ0) is 13.8. The third-order valence-electron chi connectivity index (χ3n) is 1.90. The predicted molar refractivity (Wildman–Crippen MR) is 68.1 cm³/mol. The van der Waals surface area contributed by atoms with E-state index >= 15 is 0 Å². The van der Waals surface area contributed by atoms with Gasteiger partial charge in [-0.2, -0.15) is 13.2 Å². The monoisotopic (exact) mass is 343 g/mol. The van der Waals surface area contributed by atoms with Crippen molar-refractivity contribution in [2.75, 3.05) is 17.6 Å². The standard InChI is InChI=1S/C10H9BrF3NO2S/c11-7-5-6(9(16)17)1-2-8(7)15-3-4-18-10(12,13)14/h1-2,5,15H,3-4H2,(H,16,17). The molecule has 18 heavy (non-hydrogen) atoms. The highest BCUT2D eigenvalue weighted by Gasteiger charge is 2.27. The smallest absolute Gasteiger partial charge is 0.441 e. The normalized spacial score (nSPS) is 11.3. The molecule has 0 heterocycles. The van der Waals surface area contributed by atoms with Crippen molar-refractivity contribution in [3.8, 4) is 0 Å². The van der Waals surface area contributed by atoms with Crippen LogP contribution in [0.2, 0.25) is 0 Å². The topological polar surface area (TPSA) is 49.3 Å². The Balaban J connectivity index is 2.51. The second-order valence-corrected chi connectivity index (χ2v) is 5.23. The molecule has 3 nitrogen and oxygen atoms in total. The van der Waals surface area contributed by atoms with Crippen molar-refractivity contribution in [1.82, 2.24) is 0 Å². The molecule has 0 unspecified atom stereocenters. The summed E-state index contributed by atoms with van der Waals surface area (Å²) in [6.45, 7) is 0.134. The molecule has 0 bridgehead atoms. The van der Waals surface area contributed by atoms with Crippen LogP contribution in [0.4, 0.5) is 18.9 Å². The van der Waals surface area contributed by atoms with Crippen molar-refractivity contribution in [2.24, 2.45) is 0 Å². The molecule has 0 radical (unpaired) electrons. The first-order valence-electron chi connectivity index (χ1n) is 4.77. The van der Waals surface area contributed by atoms with Gasteiger partial charge in [0.05, 0.1) is 5.56 Å². The zero-order valence-electron chi connectivity index (χ0n) is 8.92. The summed E-state index contributed by atoms with van der Waals surface area (Å²) in [7, 11) is 0. The van der Waals surface area contributed by atoms with Crippen molar-refractivity contribution < 1.29 is 23.1 Å². The minimum atomic E-state index is -4.23. The largest absolute Gasteiger partial charge is 0.478 e. The summed E-state index contributed by atoms with van der Waals surface area (Å²) in [6, 6.07) is 4.28. The van der Waals surface area contributed by atoms with E-state index in [9.17, 15) is 18.0 Å². The number of alkyl halides is 3. The van der Waals surface area contributed by atoms with Crippen LogP contribution in [0.1, 0.15) is 10.4 Å². The van der Waals surface area contributed by atoms with Gasteiger partial charge >= 0.3 is 11.5 Å². The van der Waals surface area contributed by atoms with E-state index < -0.39 is 11.5 Å². The van der Waals surface area contributed by atoms with Crippen LogP contribution < -0.4 is 5.32 Å². The van der Waals surface area contributed by atoms with Gasteiger partial charge in [0.15, 0.2) is 0 Å². The second-order valence-electron chi connectivity index (χ2n) is 3.22. The molecular weight excluding hydrogens is 335 g/mol. The number of benzene rings is 1. The highest BCUT2D eigenvalue weighted by atomic mass is 79.9. The molecule has 0 aromatic heterocycles. The molecule has 0 aliphatic rings. The number of anilines is 1. The summed E-state index contributed by atoms with van der Waals surface area (Å²) in [5, 5.41) is 11.5. The van der Waals surface area contributed by atoms with Crippen molar-refractivity contribution >= 4 is 39.3 Å². The van der Waals surface area contributed by atoms with Gasteiger partial charge in [0.1, 0.15) is 0 Å². The minimum Gasteiger partial charge on any atom is -0.478 e. The van der Waals surface area contributed by atoms with Crippen LogP contribution in [0.3, 0.4) is 0 Å². The van der Waals surface area contributed by atoms with Crippen molar-refractivity contribution in [2.45, 2.75) is 5.51 Å². The number of aromatic carboxylic acids is 1. The molecule has 1 aromatic rings. The van der Waals surface area contributed by atoms with Gasteiger partial charge in [0, 0.05) is 22.5 Å². The van der Waals surface area contributed by atoms with Crippen LogP contribution in [0, 0.1) is 0 Å². The molecule has 100 valence electrons. The van der Waals surface area contributed by atoms with Crippen molar-refractivity contribution in [3.63, 3.8) is 0 Å². The average Bonchev–Trinajstić information content (AvgIpc) is 2.24. The Kier molecular flexibility index (Phi) is 5.33. The number of thioether (sulfide) groups is 1. The highest BCUT2D eigenvalue weighted by molar-refractivity contribution is 9.10. The number of halogens is 4. The first-order chi connectivity index (χ1) is 8.29. The molecule has 0 saturated carbocycles. The number of carbonyl (C=O) groups is 1. The molecule has 0 atom stereocenters. The van der Waals surface area contributed by atoms with E-state index in [2.05, 4.69) is 21.2 Å². The molecule has 0 aliphatic carbocycles. The third-order valence-corrected chi connectivity index (χ3v) is 3.29. The third kappa shape index (κ3) is 5.18. The van der Waals surface area contributed by atoms with Gasteiger partial charge in [-0.15, -0.1) is 0 Å². The summed E-state index contributed by atoms with van der Waals surface area (Å²) in [5.41, 5.74) is -3.56. The Morgan fingerprint density at radius 1 is 1.44 bits per heavy atom. The summed E-state index contributed by atoms with van der Waals surface area (Å²) in [4.78, 5) is 10.7. The van der Waals surface area contributed by atoms with Crippen LogP contribution in [0.15, 0.2) is 22.7 Å². The first kappa shape index (κ1) is 15.2. The van der Waals surface area contributed by atoms with Crippen LogP contribution in [0.25, 0.3) is 0 Å². The van der Waals surface area contributed by atoms with Crippen LogP contribution in [0.5, 0.6) is 0 Å². The Hall–Kier alpha value is -0.890. The summed E-state index contributed by atoms with van der Waals surface area (Å²) < 4.78 is 36.1.